The van der Waals surface area contributed by atoms with Crippen LogP contribution in [0.15, 0.2) is 45.8 Å². The minimum Gasteiger partial charge on any atom is -0.503 e. The quantitative estimate of drug-likeness (QED) is 0.916. The number of aryl methyl sites for hydroxylation is 1. The Morgan fingerprint density at radius 1 is 1.39 bits per heavy atom. The van der Waals surface area contributed by atoms with Gasteiger partial charge in [0.05, 0.1) is 6.54 Å². The van der Waals surface area contributed by atoms with Crippen LogP contribution in [-0.4, -0.2) is 9.67 Å². The van der Waals surface area contributed by atoms with Gasteiger partial charge in [0.25, 0.3) is 0 Å². The third kappa shape index (κ3) is 2.73. The third-order valence-corrected chi connectivity index (χ3v) is 3.34. The van der Waals surface area contributed by atoms with Crippen LogP contribution in [0.2, 0.25) is 0 Å². The Hall–Kier alpha value is -1.75. The van der Waals surface area contributed by atoms with E-state index in [1.54, 1.807) is 11.6 Å². The van der Waals surface area contributed by atoms with Crippen molar-refractivity contribution in [2.45, 2.75) is 6.54 Å². The molecule has 0 fully saturated rings. The van der Waals surface area contributed by atoms with Gasteiger partial charge in [0.1, 0.15) is 0 Å². The first-order valence-corrected chi connectivity index (χ1v) is 6.24. The summed E-state index contributed by atoms with van der Waals surface area (Å²) in [5, 5.41) is 12.5. The Balaban J connectivity index is 2.19. The Labute approximate surface area is 113 Å². The van der Waals surface area contributed by atoms with E-state index in [9.17, 15) is 9.90 Å². The summed E-state index contributed by atoms with van der Waals surface area (Å²) in [5.74, 6) is -0.234. The lowest BCUT2D eigenvalue weighted by molar-refractivity contribution is 0.462. The molecular weight excluding hydrogens is 296 g/mol. The molecule has 1 heterocycles. The number of anilines is 1. The number of aromatic nitrogens is 1. The molecule has 18 heavy (non-hydrogen) atoms. The van der Waals surface area contributed by atoms with Gasteiger partial charge in [0.15, 0.2) is 5.75 Å². The molecule has 0 saturated heterocycles. The van der Waals surface area contributed by atoms with Crippen molar-refractivity contribution in [1.29, 1.82) is 0 Å². The number of nitrogens with zero attached hydrogens (tertiary/aromatic N) is 1. The largest absolute Gasteiger partial charge is 0.503 e. The van der Waals surface area contributed by atoms with E-state index in [0.29, 0.717) is 6.54 Å². The van der Waals surface area contributed by atoms with E-state index in [1.165, 1.54) is 12.3 Å². The minimum atomic E-state index is -0.364. The first-order valence-electron chi connectivity index (χ1n) is 5.45. The average molecular weight is 309 g/mol. The second kappa shape index (κ2) is 5.27. The molecule has 1 aromatic carbocycles. The monoisotopic (exact) mass is 308 g/mol. The highest BCUT2D eigenvalue weighted by Crippen LogP contribution is 2.21. The Bertz CT molecular complexity index is 623. The number of hydrogen-bond donors (Lipinski definition) is 2. The lowest BCUT2D eigenvalue weighted by atomic mass is 10.3. The second-order valence-corrected chi connectivity index (χ2v) is 4.81. The van der Waals surface area contributed by atoms with E-state index in [1.807, 2.05) is 24.3 Å². The summed E-state index contributed by atoms with van der Waals surface area (Å²) in [6.07, 6.45) is 1.42. The van der Waals surface area contributed by atoms with Crippen LogP contribution >= 0.6 is 15.9 Å². The Morgan fingerprint density at radius 2 is 2.11 bits per heavy atom. The summed E-state index contributed by atoms with van der Waals surface area (Å²) < 4.78 is 2.69. The number of hydrogen-bond acceptors (Lipinski definition) is 3. The number of para-hydroxylation sites is 1. The van der Waals surface area contributed by atoms with Crippen LogP contribution in [0.25, 0.3) is 0 Å². The van der Waals surface area contributed by atoms with Gasteiger partial charge in [-0.05, 0) is 28.1 Å². The van der Waals surface area contributed by atoms with Crippen molar-refractivity contribution in [1.82, 2.24) is 4.57 Å². The van der Waals surface area contributed by atoms with Gasteiger partial charge in [0, 0.05) is 35.2 Å². The zero-order valence-corrected chi connectivity index (χ0v) is 11.4. The van der Waals surface area contributed by atoms with Crippen LogP contribution in [0, 0.1) is 0 Å². The fourth-order valence-electron chi connectivity index (χ4n) is 1.62. The smallest absolute Gasteiger partial charge is 0.223 e. The van der Waals surface area contributed by atoms with E-state index >= 15 is 0 Å². The maximum Gasteiger partial charge on any atom is 0.223 e. The van der Waals surface area contributed by atoms with Gasteiger partial charge < -0.3 is 15.0 Å². The van der Waals surface area contributed by atoms with Crippen molar-refractivity contribution in [3.63, 3.8) is 0 Å². The first-order chi connectivity index (χ1) is 8.58. The van der Waals surface area contributed by atoms with Crippen molar-refractivity contribution < 1.29 is 5.11 Å². The maximum atomic E-state index is 11.4. The number of aromatic hydroxyl groups is 1. The van der Waals surface area contributed by atoms with Gasteiger partial charge in [-0.3, -0.25) is 4.79 Å². The second-order valence-electron chi connectivity index (χ2n) is 3.96. The third-order valence-electron chi connectivity index (χ3n) is 2.65. The molecule has 0 saturated carbocycles. The minimum absolute atomic E-state index is 0.234. The number of nitrogens with one attached hydrogen (secondary N) is 1. The highest BCUT2D eigenvalue weighted by atomic mass is 79.9. The highest BCUT2D eigenvalue weighted by Gasteiger charge is 2.04. The molecule has 0 spiro atoms. The predicted octanol–water partition coefficient (Wildman–Crippen LogP) is 2.47. The van der Waals surface area contributed by atoms with Crippen LogP contribution in [-0.2, 0) is 13.6 Å². The molecule has 5 heteroatoms. The summed E-state index contributed by atoms with van der Waals surface area (Å²) in [6.45, 7) is 0.509. The molecular formula is C13H13BrN2O2. The molecule has 0 atom stereocenters. The molecule has 0 aliphatic heterocycles. The molecule has 0 unspecified atom stereocenters. The number of rotatable bonds is 3. The van der Waals surface area contributed by atoms with Gasteiger partial charge in [-0.25, -0.2) is 0 Å². The van der Waals surface area contributed by atoms with Crippen molar-refractivity contribution in [3.05, 3.63) is 56.9 Å². The average Bonchev–Trinajstić information content (AvgIpc) is 2.34. The fourth-order valence-corrected chi connectivity index (χ4v) is 2.05. The summed E-state index contributed by atoms with van der Waals surface area (Å²) >= 11 is 3.44. The molecule has 2 N–H and O–H groups in total. The molecule has 0 radical (unpaired) electrons. The van der Waals surface area contributed by atoms with Crippen LogP contribution in [0.5, 0.6) is 5.75 Å². The summed E-state index contributed by atoms with van der Waals surface area (Å²) in [7, 11) is 1.79. The summed E-state index contributed by atoms with van der Waals surface area (Å²) in [6, 6.07) is 9.19. The van der Waals surface area contributed by atoms with Crippen molar-refractivity contribution in [2.24, 2.45) is 7.05 Å². The molecule has 94 valence electrons. The van der Waals surface area contributed by atoms with Gasteiger partial charge >= 0.3 is 0 Å². The van der Waals surface area contributed by atoms with Gasteiger partial charge in [-0.15, -0.1) is 0 Å². The zero-order valence-electron chi connectivity index (χ0n) is 9.85. The Kier molecular flexibility index (Phi) is 3.72. The van der Waals surface area contributed by atoms with Gasteiger partial charge in [0.2, 0.25) is 5.43 Å². The van der Waals surface area contributed by atoms with Crippen LogP contribution in [0.4, 0.5) is 5.69 Å². The molecule has 4 nitrogen and oxygen atoms in total. The van der Waals surface area contributed by atoms with Crippen LogP contribution in [0.1, 0.15) is 5.69 Å². The number of pyridine rings is 1. The molecule has 1 aromatic heterocycles. The van der Waals surface area contributed by atoms with Gasteiger partial charge in [-0.1, -0.05) is 12.1 Å². The summed E-state index contributed by atoms with van der Waals surface area (Å²) in [4.78, 5) is 11.4. The molecule has 0 aliphatic rings. The zero-order chi connectivity index (χ0) is 13.1. The number of benzene rings is 1. The topological polar surface area (TPSA) is 54.3 Å². The van der Waals surface area contributed by atoms with E-state index in [4.69, 9.17) is 0 Å². The highest BCUT2D eigenvalue weighted by molar-refractivity contribution is 9.10. The lowest BCUT2D eigenvalue weighted by Gasteiger charge is -2.12. The molecule has 2 rings (SSSR count). The van der Waals surface area contributed by atoms with Crippen LogP contribution < -0.4 is 10.7 Å². The Morgan fingerprint density at radius 3 is 2.83 bits per heavy atom. The van der Waals surface area contributed by atoms with E-state index < -0.39 is 0 Å². The molecule has 0 amide bonds. The van der Waals surface area contributed by atoms with Gasteiger partial charge in [-0.2, -0.15) is 0 Å². The first kappa shape index (κ1) is 12.7. The number of halogens is 1. The SMILES string of the molecule is Cn1cc(O)c(=O)cc1CNc1ccccc1Br. The van der Waals surface area contributed by atoms with E-state index in [0.717, 1.165) is 15.9 Å². The van der Waals surface area contributed by atoms with Crippen LogP contribution in [0.3, 0.4) is 0 Å². The fraction of sp³-hybridized carbons (Fsp3) is 0.154. The predicted molar refractivity (Wildman–Crippen MR) is 74.8 cm³/mol. The lowest BCUT2D eigenvalue weighted by Crippen LogP contribution is -2.12. The molecule has 2 aromatic rings. The maximum absolute atomic E-state index is 11.4. The van der Waals surface area contributed by atoms with E-state index in [2.05, 4.69) is 21.2 Å². The van der Waals surface area contributed by atoms with E-state index in [-0.39, 0.29) is 11.2 Å². The van der Waals surface area contributed by atoms with Crippen molar-refractivity contribution >= 4 is 21.6 Å². The summed E-state index contributed by atoms with van der Waals surface area (Å²) in [5.41, 5.74) is 1.39. The standard InChI is InChI=1S/C13H13BrN2O2/c1-16-8-13(18)12(17)6-9(16)7-15-11-5-3-2-4-10(11)14/h2-6,8,15,18H,7H2,1H3. The normalized spacial score (nSPS) is 10.3. The van der Waals surface area contributed by atoms with Crippen molar-refractivity contribution in [2.75, 3.05) is 5.32 Å². The van der Waals surface area contributed by atoms with Crippen molar-refractivity contribution in [3.8, 4) is 5.75 Å². The molecule has 0 aliphatic carbocycles. The molecule has 0 bridgehead atoms.